The molecule has 19 heavy (non-hydrogen) atoms. The molecule has 0 aliphatic rings. The summed E-state index contributed by atoms with van der Waals surface area (Å²) in [5.41, 5.74) is 2.95. The van der Waals surface area contributed by atoms with Crippen molar-refractivity contribution in [3.8, 4) is 0 Å². The predicted octanol–water partition coefficient (Wildman–Crippen LogP) is 1.64. The zero-order chi connectivity index (χ0) is 13.4. The fourth-order valence-electron chi connectivity index (χ4n) is 2.03. The average Bonchev–Trinajstić information content (AvgIpc) is 3.07. The molecule has 3 aromatic heterocycles. The van der Waals surface area contributed by atoms with Crippen LogP contribution in [0.3, 0.4) is 0 Å². The van der Waals surface area contributed by atoms with Crippen molar-refractivity contribution in [2.75, 3.05) is 11.9 Å². The molecule has 3 aromatic rings. The highest BCUT2D eigenvalue weighted by molar-refractivity contribution is 6.09. The van der Waals surface area contributed by atoms with Gasteiger partial charge < -0.3 is 9.30 Å². The number of pyridine rings is 1. The van der Waals surface area contributed by atoms with E-state index >= 15 is 0 Å². The van der Waals surface area contributed by atoms with E-state index in [4.69, 9.17) is 0 Å². The van der Waals surface area contributed by atoms with Gasteiger partial charge in [-0.1, -0.05) is 0 Å². The number of aromatic nitrogens is 4. The zero-order valence-corrected chi connectivity index (χ0v) is 10.7. The summed E-state index contributed by atoms with van der Waals surface area (Å²) in [6.45, 7) is 1.95. The first-order valence-electron chi connectivity index (χ1n) is 5.88. The zero-order valence-electron chi connectivity index (χ0n) is 10.7. The van der Waals surface area contributed by atoms with E-state index in [2.05, 4.69) is 15.2 Å². The molecule has 1 N–H and O–H groups in total. The van der Waals surface area contributed by atoms with Crippen LogP contribution in [0.4, 0.5) is 5.69 Å². The lowest BCUT2D eigenvalue weighted by molar-refractivity contribution is 0.0994. The van der Waals surface area contributed by atoms with Crippen LogP contribution in [-0.2, 0) is 0 Å². The van der Waals surface area contributed by atoms with Crippen molar-refractivity contribution in [3.63, 3.8) is 0 Å². The number of carbonyl (C=O) groups is 1. The molecule has 96 valence electrons. The molecule has 3 rings (SSSR count). The summed E-state index contributed by atoms with van der Waals surface area (Å²) >= 11 is 0. The molecule has 0 fully saturated rings. The van der Waals surface area contributed by atoms with Crippen molar-refractivity contribution in [1.29, 1.82) is 0 Å². The summed E-state index contributed by atoms with van der Waals surface area (Å²) in [6.07, 6.45) is 6.93. The number of nitrogens with one attached hydrogen (secondary N) is 1. The number of carbonyl (C=O) groups excluding carboxylic acids is 1. The average molecular weight is 255 g/mol. The van der Waals surface area contributed by atoms with Crippen molar-refractivity contribution < 1.29 is 4.79 Å². The Balaban J connectivity index is 2.07. The SMILES string of the molecule is Cc1cnc2c(C(=O)N(C)c3cn[nH]c3)cccn12. The standard InChI is InChI=1S/C13H13N5O/c1-9-6-14-12-11(4-3-5-18(9)12)13(19)17(2)10-7-15-16-8-10/h3-8H,1-2H3,(H,15,16). The highest BCUT2D eigenvalue weighted by atomic mass is 16.2. The molecule has 0 atom stereocenters. The highest BCUT2D eigenvalue weighted by Crippen LogP contribution is 2.17. The molecular formula is C13H13N5O. The van der Waals surface area contributed by atoms with E-state index in [1.54, 1.807) is 36.6 Å². The third-order valence-corrected chi connectivity index (χ3v) is 3.13. The first kappa shape index (κ1) is 11.5. The highest BCUT2D eigenvalue weighted by Gasteiger charge is 2.18. The van der Waals surface area contributed by atoms with Gasteiger partial charge in [-0.15, -0.1) is 0 Å². The van der Waals surface area contributed by atoms with E-state index in [9.17, 15) is 4.79 Å². The Hall–Kier alpha value is -2.63. The number of hydrogen-bond donors (Lipinski definition) is 1. The Morgan fingerprint density at radius 2 is 2.26 bits per heavy atom. The first-order valence-corrected chi connectivity index (χ1v) is 5.88. The number of amides is 1. The molecule has 0 saturated heterocycles. The summed E-state index contributed by atoms with van der Waals surface area (Å²) in [7, 11) is 1.71. The topological polar surface area (TPSA) is 66.3 Å². The van der Waals surface area contributed by atoms with Gasteiger partial charge in [0.05, 0.1) is 17.4 Å². The van der Waals surface area contributed by atoms with Crippen molar-refractivity contribution in [2.24, 2.45) is 0 Å². The molecule has 6 heteroatoms. The van der Waals surface area contributed by atoms with Crippen LogP contribution in [0.1, 0.15) is 16.1 Å². The Morgan fingerprint density at radius 1 is 1.42 bits per heavy atom. The fraction of sp³-hybridized carbons (Fsp3) is 0.154. The lowest BCUT2D eigenvalue weighted by atomic mass is 10.2. The lowest BCUT2D eigenvalue weighted by Gasteiger charge is -2.15. The van der Waals surface area contributed by atoms with E-state index in [0.717, 1.165) is 11.4 Å². The summed E-state index contributed by atoms with van der Waals surface area (Å²) in [4.78, 5) is 18.3. The first-order chi connectivity index (χ1) is 9.18. The lowest BCUT2D eigenvalue weighted by Crippen LogP contribution is -2.26. The maximum Gasteiger partial charge on any atom is 0.261 e. The number of fused-ring (bicyclic) bond motifs is 1. The molecule has 0 saturated carbocycles. The predicted molar refractivity (Wildman–Crippen MR) is 71.3 cm³/mol. The summed E-state index contributed by atoms with van der Waals surface area (Å²) < 4.78 is 1.90. The van der Waals surface area contributed by atoms with Gasteiger partial charge in [0.2, 0.25) is 0 Å². The molecule has 0 bridgehead atoms. The van der Waals surface area contributed by atoms with Crippen LogP contribution in [-0.4, -0.2) is 32.5 Å². The molecule has 0 radical (unpaired) electrons. The van der Waals surface area contributed by atoms with Crippen molar-refractivity contribution >= 4 is 17.2 Å². The van der Waals surface area contributed by atoms with Gasteiger partial charge in [-0.2, -0.15) is 5.10 Å². The molecule has 0 aromatic carbocycles. The van der Waals surface area contributed by atoms with E-state index < -0.39 is 0 Å². The molecule has 0 spiro atoms. The van der Waals surface area contributed by atoms with Gasteiger partial charge in [-0.05, 0) is 19.1 Å². The van der Waals surface area contributed by atoms with Crippen LogP contribution in [0.5, 0.6) is 0 Å². The van der Waals surface area contributed by atoms with Crippen LogP contribution >= 0.6 is 0 Å². The minimum absolute atomic E-state index is 0.113. The van der Waals surface area contributed by atoms with Crippen molar-refractivity contribution in [1.82, 2.24) is 19.6 Å². The number of nitrogens with zero attached hydrogens (tertiary/aromatic N) is 4. The van der Waals surface area contributed by atoms with Gasteiger partial charge in [-0.25, -0.2) is 4.98 Å². The largest absolute Gasteiger partial charge is 0.308 e. The molecule has 0 aliphatic heterocycles. The number of H-pyrrole nitrogens is 1. The van der Waals surface area contributed by atoms with Gasteiger partial charge in [0.25, 0.3) is 5.91 Å². The Bertz CT molecular complexity index is 729. The second-order valence-corrected chi connectivity index (χ2v) is 4.34. The smallest absolute Gasteiger partial charge is 0.261 e. The molecule has 1 amide bonds. The van der Waals surface area contributed by atoms with Crippen LogP contribution in [0.25, 0.3) is 5.65 Å². The summed E-state index contributed by atoms with van der Waals surface area (Å²) in [5, 5.41) is 6.54. The van der Waals surface area contributed by atoms with Crippen molar-refractivity contribution in [3.05, 3.63) is 48.2 Å². The maximum absolute atomic E-state index is 12.5. The quantitative estimate of drug-likeness (QED) is 0.757. The molecule has 3 heterocycles. The van der Waals surface area contributed by atoms with Crippen LogP contribution in [0.15, 0.2) is 36.9 Å². The number of aromatic amines is 1. The second kappa shape index (κ2) is 4.24. The number of anilines is 1. The molecular weight excluding hydrogens is 242 g/mol. The van der Waals surface area contributed by atoms with E-state index in [1.165, 1.54) is 0 Å². The Kier molecular flexibility index (Phi) is 2.56. The fourth-order valence-corrected chi connectivity index (χ4v) is 2.03. The van der Waals surface area contributed by atoms with Gasteiger partial charge in [0, 0.05) is 31.3 Å². The van der Waals surface area contributed by atoms with Gasteiger partial charge in [0.1, 0.15) is 5.65 Å². The van der Waals surface area contributed by atoms with Crippen LogP contribution < -0.4 is 4.90 Å². The molecule has 0 aliphatic carbocycles. The maximum atomic E-state index is 12.5. The third kappa shape index (κ3) is 1.77. The van der Waals surface area contributed by atoms with Crippen molar-refractivity contribution in [2.45, 2.75) is 6.92 Å². The molecule has 0 unspecified atom stereocenters. The van der Waals surface area contributed by atoms with E-state index in [1.807, 2.05) is 23.6 Å². The normalized spacial score (nSPS) is 10.8. The number of aryl methyl sites for hydroxylation is 1. The summed E-state index contributed by atoms with van der Waals surface area (Å²) in [6, 6.07) is 3.62. The van der Waals surface area contributed by atoms with Gasteiger partial charge in [-0.3, -0.25) is 9.89 Å². The number of rotatable bonds is 2. The second-order valence-electron chi connectivity index (χ2n) is 4.34. The van der Waals surface area contributed by atoms with Crippen LogP contribution in [0.2, 0.25) is 0 Å². The van der Waals surface area contributed by atoms with Gasteiger partial charge in [0.15, 0.2) is 0 Å². The number of imidazole rings is 1. The Labute approximate surface area is 109 Å². The Morgan fingerprint density at radius 3 is 3.00 bits per heavy atom. The number of hydrogen-bond acceptors (Lipinski definition) is 3. The third-order valence-electron chi connectivity index (χ3n) is 3.13. The minimum atomic E-state index is -0.113. The van der Waals surface area contributed by atoms with Crippen LogP contribution in [0, 0.1) is 6.92 Å². The molecule has 6 nitrogen and oxygen atoms in total. The monoisotopic (exact) mass is 255 g/mol. The summed E-state index contributed by atoms with van der Waals surface area (Å²) in [5.74, 6) is -0.113. The van der Waals surface area contributed by atoms with Gasteiger partial charge >= 0.3 is 0 Å². The van der Waals surface area contributed by atoms with E-state index in [0.29, 0.717) is 11.2 Å². The van der Waals surface area contributed by atoms with E-state index in [-0.39, 0.29) is 5.91 Å². The minimum Gasteiger partial charge on any atom is -0.308 e.